The van der Waals surface area contributed by atoms with E-state index in [-0.39, 0.29) is 17.6 Å². The predicted octanol–water partition coefficient (Wildman–Crippen LogP) is 3.98. The normalized spacial score (nSPS) is 11.2. The van der Waals surface area contributed by atoms with E-state index >= 15 is 0 Å². The van der Waals surface area contributed by atoms with Crippen LogP contribution in [0.5, 0.6) is 5.75 Å². The molecule has 0 atom stereocenters. The Morgan fingerprint density at radius 3 is 2.83 bits per heavy atom. The Kier molecular flexibility index (Phi) is 4.04. The second-order valence-electron chi connectivity index (χ2n) is 5.41. The molecule has 0 unspecified atom stereocenters. The lowest BCUT2D eigenvalue weighted by Gasteiger charge is -2.03. The third-order valence-electron chi connectivity index (χ3n) is 3.33. The number of hydrogen-bond donors (Lipinski definition) is 1. The van der Waals surface area contributed by atoms with Crippen LogP contribution in [0.2, 0.25) is 0 Å². The number of rotatable bonds is 4. The zero-order chi connectivity index (χ0) is 16.6. The summed E-state index contributed by atoms with van der Waals surface area (Å²) in [5, 5.41) is 3.30. The summed E-state index contributed by atoms with van der Waals surface area (Å²) < 4.78 is 11.6. The molecule has 0 aliphatic heterocycles. The van der Waals surface area contributed by atoms with Gasteiger partial charge >= 0.3 is 0 Å². The number of aromatic nitrogens is 2. The molecule has 1 aromatic carbocycles. The van der Waals surface area contributed by atoms with Crippen LogP contribution >= 0.6 is 11.3 Å². The summed E-state index contributed by atoms with van der Waals surface area (Å²) >= 11 is 1.39. The largest absolute Gasteiger partial charge is 0.497 e. The highest BCUT2D eigenvalue weighted by Gasteiger charge is 2.22. The van der Waals surface area contributed by atoms with Gasteiger partial charge in [-0.25, -0.2) is 9.97 Å². The van der Waals surface area contributed by atoms with Gasteiger partial charge < -0.3 is 9.15 Å². The van der Waals surface area contributed by atoms with E-state index in [0.717, 1.165) is 16.0 Å². The molecule has 0 radical (unpaired) electrons. The molecule has 0 spiro atoms. The van der Waals surface area contributed by atoms with Crippen molar-refractivity contribution >= 4 is 32.6 Å². The average Bonchev–Trinajstić information content (AvgIpc) is 3.09. The minimum absolute atomic E-state index is 0.104. The van der Waals surface area contributed by atoms with Crippen LogP contribution in [0.15, 0.2) is 22.6 Å². The van der Waals surface area contributed by atoms with E-state index in [4.69, 9.17) is 9.15 Å². The molecule has 120 valence electrons. The number of carbonyl (C=O) groups excluding carboxylic acids is 1. The molecule has 1 amide bonds. The summed E-state index contributed by atoms with van der Waals surface area (Å²) in [6.07, 6.45) is 0. The number of thiazole rings is 1. The number of ether oxygens (including phenoxy) is 1. The third-order valence-corrected chi connectivity index (χ3v) is 4.26. The van der Waals surface area contributed by atoms with Crippen molar-refractivity contribution in [2.45, 2.75) is 26.7 Å². The highest BCUT2D eigenvalue weighted by atomic mass is 32.1. The highest BCUT2D eigenvalue weighted by Crippen LogP contribution is 2.30. The fourth-order valence-electron chi connectivity index (χ4n) is 2.24. The molecule has 23 heavy (non-hydrogen) atoms. The molecular weight excluding hydrogens is 314 g/mol. The molecule has 0 bridgehead atoms. The quantitative estimate of drug-likeness (QED) is 0.782. The van der Waals surface area contributed by atoms with Crippen LogP contribution in [-0.2, 0) is 0 Å². The second-order valence-corrected chi connectivity index (χ2v) is 6.44. The Balaban J connectivity index is 1.88. The Bertz CT molecular complexity index is 867. The first kappa shape index (κ1) is 15.5. The van der Waals surface area contributed by atoms with Crippen molar-refractivity contribution < 1.29 is 13.9 Å². The lowest BCUT2D eigenvalue weighted by molar-refractivity contribution is 0.0993. The number of aryl methyl sites for hydroxylation is 1. The van der Waals surface area contributed by atoms with Crippen LogP contribution < -0.4 is 10.1 Å². The van der Waals surface area contributed by atoms with Crippen LogP contribution in [0, 0.1) is 6.92 Å². The van der Waals surface area contributed by atoms with Gasteiger partial charge in [0.25, 0.3) is 5.91 Å². The Hall–Kier alpha value is -2.41. The maximum atomic E-state index is 12.4. The smallest absolute Gasteiger partial charge is 0.295 e. The average molecular weight is 331 g/mol. The van der Waals surface area contributed by atoms with Gasteiger partial charge in [-0.15, -0.1) is 0 Å². The molecule has 0 aliphatic rings. The number of fused-ring (bicyclic) bond motifs is 1. The van der Waals surface area contributed by atoms with Gasteiger partial charge in [0.1, 0.15) is 5.75 Å². The number of amides is 1. The Labute approximate surface area is 137 Å². The molecule has 6 nitrogen and oxygen atoms in total. The monoisotopic (exact) mass is 331 g/mol. The first-order valence-electron chi connectivity index (χ1n) is 7.21. The van der Waals surface area contributed by atoms with E-state index in [9.17, 15) is 4.79 Å². The van der Waals surface area contributed by atoms with Crippen LogP contribution in [0.3, 0.4) is 0 Å². The maximum Gasteiger partial charge on any atom is 0.295 e. The lowest BCUT2D eigenvalue weighted by atomic mass is 10.1. The first-order chi connectivity index (χ1) is 11.0. The number of carbonyl (C=O) groups is 1. The molecule has 1 N–H and O–H groups in total. The van der Waals surface area contributed by atoms with Gasteiger partial charge in [0, 0.05) is 6.92 Å². The zero-order valence-electron chi connectivity index (χ0n) is 13.3. The van der Waals surface area contributed by atoms with Gasteiger partial charge in [-0.05, 0) is 24.1 Å². The van der Waals surface area contributed by atoms with Crippen LogP contribution in [0.25, 0.3) is 10.2 Å². The van der Waals surface area contributed by atoms with Crippen molar-refractivity contribution in [3.05, 3.63) is 35.5 Å². The molecule has 0 saturated carbocycles. The summed E-state index contributed by atoms with van der Waals surface area (Å²) in [5.74, 6) is 1.25. The third kappa shape index (κ3) is 3.05. The van der Waals surface area contributed by atoms with Gasteiger partial charge in [0.15, 0.2) is 11.0 Å². The highest BCUT2D eigenvalue weighted by molar-refractivity contribution is 7.22. The number of hydrogen-bond acceptors (Lipinski definition) is 6. The number of nitrogens with one attached hydrogen (secondary N) is 1. The summed E-state index contributed by atoms with van der Waals surface area (Å²) in [6, 6.07) is 5.59. The van der Waals surface area contributed by atoms with E-state index in [1.54, 1.807) is 14.0 Å². The molecule has 7 heteroatoms. The first-order valence-corrected chi connectivity index (χ1v) is 8.03. The minimum atomic E-state index is -0.333. The Morgan fingerprint density at radius 1 is 1.35 bits per heavy atom. The number of methoxy groups -OCH3 is 1. The Morgan fingerprint density at radius 2 is 2.13 bits per heavy atom. The number of benzene rings is 1. The van der Waals surface area contributed by atoms with E-state index in [2.05, 4.69) is 15.3 Å². The molecule has 0 saturated heterocycles. The number of nitrogens with zero attached hydrogens (tertiary/aromatic N) is 2. The van der Waals surface area contributed by atoms with Crippen molar-refractivity contribution in [3.63, 3.8) is 0 Å². The van der Waals surface area contributed by atoms with E-state index in [1.807, 2.05) is 32.0 Å². The standard InChI is InChI=1S/C16H17N3O3S/c1-8(2)13-14(22-9(3)17-13)15(20)19-16-18-11-6-5-10(21-4)7-12(11)23-16/h5-8H,1-4H3,(H,18,19,20). The summed E-state index contributed by atoms with van der Waals surface area (Å²) in [7, 11) is 1.62. The van der Waals surface area contributed by atoms with Crippen LogP contribution in [0.4, 0.5) is 5.13 Å². The topological polar surface area (TPSA) is 77.2 Å². The second kappa shape index (κ2) is 6.00. The van der Waals surface area contributed by atoms with Crippen molar-refractivity contribution in [1.29, 1.82) is 0 Å². The van der Waals surface area contributed by atoms with Crippen LogP contribution in [-0.4, -0.2) is 23.0 Å². The molecule has 3 rings (SSSR count). The fraction of sp³-hybridized carbons (Fsp3) is 0.312. The minimum Gasteiger partial charge on any atom is -0.497 e. The molecular formula is C16H17N3O3S. The van der Waals surface area contributed by atoms with E-state index in [0.29, 0.717) is 16.7 Å². The van der Waals surface area contributed by atoms with Gasteiger partial charge in [-0.1, -0.05) is 25.2 Å². The molecule has 2 aromatic heterocycles. The van der Waals surface area contributed by atoms with E-state index < -0.39 is 0 Å². The molecule has 0 aliphatic carbocycles. The zero-order valence-corrected chi connectivity index (χ0v) is 14.2. The summed E-state index contributed by atoms with van der Waals surface area (Å²) in [6.45, 7) is 5.67. The molecule has 3 aromatic rings. The lowest BCUT2D eigenvalue weighted by Crippen LogP contribution is -2.13. The van der Waals surface area contributed by atoms with Crippen molar-refractivity contribution in [3.8, 4) is 5.75 Å². The van der Waals surface area contributed by atoms with Gasteiger partial charge in [0.05, 0.1) is 23.0 Å². The molecule has 0 fully saturated rings. The van der Waals surface area contributed by atoms with Crippen molar-refractivity contribution in [1.82, 2.24) is 9.97 Å². The predicted molar refractivity (Wildman–Crippen MR) is 89.5 cm³/mol. The SMILES string of the molecule is COc1ccc2nc(NC(=O)c3oc(C)nc3C(C)C)sc2c1. The van der Waals surface area contributed by atoms with Gasteiger partial charge in [0.2, 0.25) is 5.76 Å². The number of oxazole rings is 1. The number of anilines is 1. The van der Waals surface area contributed by atoms with Gasteiger partial charge in [-0.2, -0.15) is 0 Å². The van der Waals surface area contributed by atoms with Crippen LogP contribution in [0.1, 0.15) is 41.9 Å². The summed E-state index contributed by atoms with van der Waals surface area (Å²) in [4.78, 5) is 21.1. The van der Waals surface area contributed by atoms with E-state index in [1.165, 1.54) is 11.3 Å². The maximum absolute atomic E-state index is 12.4. The van der Waals surface area contributed by atoms with Crippen molar-refractivity contribution in [2.75, 3.05) is 12.4 Å². The van der Waals surface area contributed by atoms with Crippen molar-refractivity contribution in [2.24, 2.45) is 0 Å². The molecule has 2 heterocycles. The summed E-state index contributed by atoms with van der Waals surface area (Å²) in [5.41, 5.74) is 1.46. The fourth-order valence-corrected chi connectivity index (χ4v) is 3.13. The van der Waals surface area contributed by atoms with Gasteiger partial charge in [-0.3, -0.25) is 10.1 Å².